The predicted octanol–water partition coefficient (Wildman–Crippen LogP) is 6.16. The number of hydrogen-bond donors (Lipinski definition) is 3. The van der Waals surface area contributed by atoms with E-state index >= 15 is 0 Å². The monoisotopic (exact) mass is 716 g/mol. The van der Waals surface area contributed by atoms with Crippen LogP contribution in [-0.2, 0) is 43.7 Å². The van der Waals surface area contributed by atoms with E-state index < -0.39 is 60.8 Å². The standard InChI is InChI=1S/C31H56O12S3/c1-18(2)29(5,6)20(4)10-9-19(3)22-11-12-23-21-15-26(41-44(32,33)34)25-16-27(42-45(35,36)37)28(43-46(38,39)40)17-31(25,8)24(21)13-14-30(22,23)7/h18-28H,9-17H2,1-8H3,(H,32,33,34)(H,35,36,37)(H,38,39,40)/t19-,20?,21+,22-,23+,24+,25?,26+,27+,28+,30-,31-/m1/s1. The number of hydrogen-bond acceptors (Lipinski definition) is 9. The van der Waals surface area contributed by atoms with Crippen LogP contribution in [0.25, 0.3) is 0 Å². The minimum Gasteiger partial charge on any atom is -0.264 e. The van der Waals surface area contributed by atoms with Gasteiger partial charge in [0.1, 0.15) is 12.2 Å². The van der Waals surface area contributed by atoms with Crippen LogP contribution in [-0.4, -0.2) is 57.2 Å². The van der Waals surface area contributed by atoms with Gasteiger partial charge in [0.2, 0.25) is 0 Å². The normalized spacial score (nSPS) is 40.2. The molecule has 3 N–H and O–H groups in total. The fraction of sp³-hybridized carbons (Fsp3) is 1.00. The molecule has 0 bridgehead atoms. The summed E-state index contributed by atoms with van der Waals surface area (Å²) in [6.45, 7) is 18.2. The molecule has 15 heteroatoms. The summed E-state index contributed by atoms with van der Waals surface area (Å²) in [5.74, 6) is 1.65. The predicted molar refractivity (Wildman–Crippen MR) is 171 cm³/mol. The van der Waals surface area contributed by atoms with Crippen LogP contribution in [0.1, 0.15) is 113 Å². The van der Waals surface area contributed by atoms with E-state index in [4.69, 9.17) is 12.5 Å². The van der Waals surface area contributed by atoms with Crippen LogP contribution in [0.5, 0.6) is 0 Å². The van der Waals surface area contributed by atoms with Gasteiger partial charge in [-0.3, -0.25) is 13.7 Å². The van der Waals surface area contributed by atoms with Crippen LogP contribution in [0.4, 0.5) is 0 Å². The van der Waals surface area contributed by atoms with Gasteiger partial charge >= 0.3 is 31.2 Å². The van der Waals surface area contributed by atoms with Crippen molar-refractivity contribution in [1.29, 1.82) is 0 Å². The maximum atomic E-state index is 12.1. The molecule has 2 unspecified atom stereocenters. The highest BCUT2D eigenvalue weighted by Crippen LogP contribution is 2.69. The van der Waals surface area contributed by atoms with Gasteiger partial charge in [0, 0.05) is 0 Å². The lowest BCUT2D eigenvalue weighted by Crippen LogP contribution is -2.62. The van der Waals surface area contributed by atoms with Crippen molar-refractivity contribution in [3.05, 3.63) is 0 Å². The second kappa shape index (κ2) is 13.1. The molecule has 0 saturated heterocycles. The Labute approximate surface area is 277 Å². The summed E-state index contributed by atoms with van der Waals surface area (Å²) in [6, 6.07) is 0. The summed E-state index contributed by atoms with van der Waals surface area (Å²) in [5.41, 5.74) is -0.590. The van der Waals surface area contributed by atoms with Gasteiger partial charge in [0.25, 0.3) is 0 Å². The van der Waals surface area contributed by atoms with Gasteiger partial charge < -0.3 is 0 Å². The first-order valence-corrected chi connectivity index (χ1v) is 20.8. The first-order chi connectivity index (χ1) is 20.8. The molecule has 4 rings (SSSR count). The molecule has 46 heavy (non-hydrogen) atoms. The van der Waals surface area contributed by atoms with E-state index in [0.717, 1.165) is 38.5 Å². The highest BCUT2D eigenvalue weighted by atomic mass is 32.3. The van der Waals surface area contributed by atoms with E-state index in [1.165, 1.54) is 0 Å². The second-order valence-corrected chi connectivity index (χ2v) is 19.7. The average Bonchev–Trinajstić information content (AvgIpc) is 3.22. The number of fused-ring (bicyclic) bond motifs is 5. The van der Waals surface area contributed by atoms with Crippen LogP contribution in [0, 0.1) is 63.6 Å². The summed E-state index contributed by atoms with van der Waals surface area (Å²) in [4.78, 5) is 0. The SMILES string of the molecule is CC(C)C(C)(C)C(C)CC[C@@H](C)[C@H]1CC[C@H]2[C@@H]3C[C@H](OS(=O)(=O)O)C4C[C@H](OS(=O)(=O)O)[C@@H](OS(=O)(=O)O)C[C@]4(C)[C@H]3CC[C@]12C. The largest absolute Gasteiger partial charge is 0.397 e. The molecule has 0 aliphatic heterocycles. The molecule has 0 heterocycles. The quantitative estimate of drug-likeness (QED) is 0.195. The summed E-state index contributed by atoms with van der Waals surface area (Å²) < 4.78 is 115. The molecule has 12 nitrogen and oxygen atoms in total. The van der Waals surface area contributed by atoms with Crippen LogP contribution in [0.3, 0.4) is 0 Å². The van der Waals surface area contributed by atoms with E-state index in [9.17, 15) is 38.9 Å². The van der Waals surface area contributed by atoms with E-state index in [1.807, 2.05) is 6.92 Å². The van der Waals surface area contributed by atoms with Gasteiger partial charge in [0.05, 0.1) is 6.10 Å². The third-order valence-electron chi connectivity index (χ3n) is 13.9. The summed E-state index contributed by atoms with van der Waals surface area (Å²) >= 11 is 0. The molecule has 0 aromatic carbocycles. The topological polar surface area (TPSA) is 191 Å². The smallest absolute Gasteiger partial charge is 0.264 e. The minimum atomic E-state index is -5.07. The molecule has 0 aromatic heterocycles. The molecule has 4 aliphatic rings. The van der Waals surface area contributed by atoms with Gasteiger partial charge in [-0.2, -0.15) is 25.3 Å². The molecule has 12 atom stereocenters. The fourth-order valence-corrected chi connectivity index (χ4v) is 12.2. The maximum absolute atomic E-state index is 12.1. The van der Waals surface area contributed by atoms with Crippen molar-refractivity contribution in [2.24, 2.45) is 63.6 Å². The van der Waals surface area contributed by atoms with Crippen LogP contribution in [0.2, 0.25) is 0 Å². The van der Waals surface area contributed by atoms with E-state index in [2.05, 4.69) is 48.5 Å². The molecule has 0 spiro atoms. The Balaban J connectivity index is 1.64. The molecule has 0 amide bonds. The maximum Gasteiger partial charge on any atom is 0.397 e. The lowest BCUT2D eigenvalue weighted by molar-refractivity contribution is -0.184. The molecule has 0 radical (unpaired) electrons. The van der Waals surface area contributed by atoms with Crippen molar-refractivity contribution in [3.63, 3.8) is 0 Å². The lowest BCUT2D eigenvalue weighted by atomic mass is 9.43. The van der Waals surface area contributed by atoms with Crippen molar-refractivity contribution in [2.75, 3.05) is 0 Å². The molecule has 270 valence electrons. The molecule has 4 saturated carbocycles. The zero-order valence-electron chi connectivity index (χ0n) is 28.5. The first kappa shape index (κ1) is 38.4. The van der Waals surface area contributed by atoms with Gasteiger partial charge in [-0.1, -0.05) is 61.8 Å². The molecule has 4 aliphatic carbocycles. The van der Waals surface area contributed by atoms with Crippen LogP contribution in [0.15, 0.2) is 0 Å². The van der Waals surface area contributed by atoms with E-state index in [-0.39, 0.29) is 41.4 Å². The Morgan fingerprint density at radius 1 is 0.696 bits per heavy atom. The summed E-state index contributed by atoms with van der Waals surface area (Å²) in [7, 11) is -15.0. The zero-order chi connectivity index (χ0) is 34.8. The second-order valence-electron chi connectivity index (χ2n) is 16.5. The Morgan fingerprint density at radius 3 is 1.76 bits per heavy atom. The van der Waals surface area contributed by atoms with Gasteiger partial charge in [-0.25, -0.2) is 12.5 Å². The summed E-state index contributed by atoms with van der Waals surface area (Å²) in [6.07, 6.45) is 1.90. The summed E-state index contributed by atoms with van der Waals surface area (Å²) in [5, 5.41) is 0. The van der Waals surface area contributed by atoms with Crippen molar-refractivity contribution >= 4 is 31.2 Å². The molecular weight excluding hydrogens is 661 g/mol. The molecular formula is C31H56O12S3. The minimum absolute atomic E-state index is 0.00115. The highest BCUT2D eigenvalue weighted by molar-refractivity contribution is 7.81. The molecule has 0 aromatic rings. The average molecular weight is 717 g/mol. The zero-order valence-corrected chi connectivity index (χ0v) is 30.9. The third-order valence-corrected chi connectivity index (χ3v) is 15.4. The molecule has 4 fully saturated rings. The van der Waals surface area contributed by atoms with E-state index in [0.29, 0.717) is 30.1 Å². The lowest BCUT2D eigenvalue weighted by Gasteiger charge is -2.63. The fourth-order valence-electron chi connectivity index (χ4n) is 10.7. The van der Waals surface area contributed by atoms with Crippen LogP contribution >= 0.6 is 0 Å². The third kappa shape index (κ3) is 7.98. The Hall–Kier alpha value is -0.390. The Morgan fingerprint density at radius 2 is 1.22 bits per heavy atom. The van der Waals surface area contributed by atoms with Crippen molar-refractivity contribution in [3.8, 4) is 0 Å². The van der Waals surface area contributed by atoms with Gasteiger partial charge in [-0.15, -0.1) is 0 Å². The Kier molecular flexibility index (Phi) is 10.9. The van der Waals surface area contributed by atoms with Gasteiger partial charge in [-0.05, 0) is 115 Å². The van der Waals surface area contributed by atoms with Crippen molar-refractivity contribution < 1.29 is 51.5 Å². The van der Waals surface area contributed by atoms with Crippen molar-refractivity contribution in [2.45, 2.75) is 131 Å². The Bertz CT molecular complexity index is 1430. The first-order valence-electron chi connectivity index (χ1n) is 16.8. The van der Waals surface area contributed by atoms with Crippen molar-refractivity contribution in [1.82, 2.24) is 0 Å². The number of rotatable bonds is 12. The van der Waals surface area contributed by atoms with Crippen LogP contribution < -0.4 is 0 Å². The highest BCUT2D eigenvalue weighted by Gasteiger charge is 2.65. The van der Waals surface area contributed by atoms with Gasteiger partial charge in [0.15, 0.2) is 0 Å². The van der Waals surface area contributed by atoms with E-state index in [1.54, 1.807) is 0 Å².